The van der Waals surface area contributed by atoms with E-state index < -0.39 is 39.1 Å². The average molecular weight is 340 g/mol. The molecule has 0 spiro atoms. The molecule has 1 aliphatic rings. The van der Waals surface area contributed by atoms with Crippen LogP contribution in [-0.2, 0) is 19.7 Å². The molecule has 0 radical (unpaired) electrons. The molecule has 0 aromatic heterocycles. The predicted octanol–water partition coefficient (Wildman–Crippen LogP) is 0.459. The lowest BCUT2D eigenvalue weighted by Gasteiger charge is -2.20. The maximum atomic E-state index is 12.0. The maximum absolute atomic E-state index is 12.0. The van der Waals surface area contributed by atoms with Crippen molar-refractivity contribution in [2.75, 3.05) is 5.75 Å². The van der Waals surface area contributed by atoms with Crippen molar-refractivity contribution in [3.05, 3.63) is 35.4 Å². The van der Waals surface area contributed by atoms with Crippen LogP contribution in [0.2, 0.25) is 0 Å². The molecule has 0 atom stereocenters. The third-order valence-corrected chi connectivity index (χ3v) is 4.26. The first-order valence-electron chi connectivity index (χ1n) is 6.70. The lowest BCUT2D eigenvalue weighted by Crippen LogP contribution is -2.44. The van der Waals surface area contributed by atoms with Gasteiger partial charge in [0.25, 0.3) is 11.8 Å². The van der Waals surface area contributed by atoms with Crippen molar-refractivity contribution in [1.29, 1.82) is 0 Å². The molecule has 2 amide bonds. The fourth-order valence-electron chi connectivity index (χ4n) is 2.04. The Morgan fingerprint density at radius 1 is 1.13 bits per heavy atom. The number of nitrogens with one attached hydrogen (secondary N) is 1. The van der Waals surface area contributed by atoms with Crippen molar-refractivity contribution < 1.29 is 27.6 Å². The molecular formula is C14H16N2O6S. The highest BCUT2D eigenvalue weighted by Gasteiger charge is 2.39. The lowest BCUT2D eigenvalue weighted by atomic mass is 10.1. The molecule has 0 bridgehead atoms. The van der Waals surface area contributed by atoms with Crippen molar-refractivity contribution in [3.8, 4) is 0 Å². The number of carbonyl (C=O) groups excluding carboxylic acids is 3. The van der Waals surface area contributed by atoms with Gasteiger partial charge in [0.15, 0.2) is 5.75 Å². The van der Waals surface area contributed by atoms with Gasteiger partial charge in [-0.15, -0.1) is 0 Å². The monoisotopic (exact) mass is 340 g/mol. The van der Waals surface area contributed by atoms with Gasteiger partial charge in [-0.3, -0.25) is 9.59 Å². The molecule has 9 heteroatoms. The predicted molar refractivity (Wildman–Crippen MR) is 79.7 cm³/mol. The minimum Gasteiger partial charge on any atom is -0.329 e. The van der Waals surface area contributed by atoms with E-state index in [-0.39, 0.29) is 16.2 Å². The lowest BCUT2D eigenvalue weighted by molar-refractivity contribution is -0.165. The zero-order valence-electron chi connectivity index (χ0n) is 12.8. The summed E-state index contributed by atoms with van der Waals surface area (Å²) in [6.07, 6.45) is 0. The SMILES string of the molecule is CC(C)(C)NS(=O)(=O)CC(=O)ON1C(=O)c2ccccc2C1=O. The summed E-state index contributed by atoms with van der Waals surface area (Å²) in [6.45, 7) is 4.83. The van der Waals surface area contributed by atoms with Crippen LogP contribution in [0.25, 0.3) is 0 Å². The molecule has 0 unspecified atom stereocenters. The first-order chi connectivity index (χ1) is 10.5. The van der Waals surface area contributed by atoms with E-state index in [9.17, 15) is 22.8 Å². The van der Waals surface area contributed by atoms with Crippen LogP contribution < -0.4 is 4.72 Å². The Labute approximate surface area is 133 Å². The van der Waals surface area contributed by atoms with Crippen molar-refractivity contribution in [3.63, 3.8) is 0 Å². The zero-order valence-corrected chi connectivity index (χ0v) is 13.6. The third-order valence-electron chi connectivity index (χ3n) is 2.72. The van der Waals surface area contributed by atoms with Gasteiger partial charge in [-0.05, 0) is 32.9 Å². The molecule has 1 aromatic rings. The van der Waals surface area contributed by atoms with E-state index in [1.165, 1.54) is 12.1 Å². The molecule has 1 N–H and O–H groups in total. The standard InChI is InChI=1S/C14H16N2O6S/c1-14(2,3)15-23(20,21)8-11(17)22-16-12(18)9-6-4-5-7-10(9)13(16)19/h4-7,15H,8H2,1-3H3. The van der Waals surface area contributed by atoms with Crippen LogP contribution in [0.3, 0.4) is 0 Å². The van der Waals surface area contributed by atoms with Crippen molar-refractivity contribution in [2.24, 2.45) is 0 Å². The fourth-order valence-corrected chi connectivity index (χ4v) is 3.40. The molecule has 1 heterocycles. The second-order valence-electron chi connectivity index (χ2n) is 6.02. The van der Waals surface area contributed by atoms with Gasteiger partial charge in [-0.2, -0.15) is 0 Å². The van der Waals surface area contributed by atoms with E-state index in [1.54, 1.807) is 32.9 Å². The summed E-state index contributed by atoms with van der Waals surface area (Å²) >= 11 is 0. The Morgan fingerprint density at radius 2 is 1.61 bits per heavy atom. The number of sulfonamides is 1. The molecule has 1 aliphatic heterocycles. The maximum Gasteiger partial charge on any atom is 0.349 e. The molecular weight excluding hydrogens is 324 g/mol. The number of imide groups is 1. The van der Waals surface area contributed by atoms with E-state index in [0.29, 0.717) is 0 Å². The minimum absolute atomic E-state index is 0.0981. The molecule has 0 aliphatic carbocycles. The summed E-state index contributed by atoms with van der Waals surface area (Å²) in [5, 5.41) is 0.277. The Morgan fingerprint density at radius 3 is 2.04 bits per heavy atom. The van der Waals surface area contributed by atoms with Gasteiger partial charge in [-0.1, -0.05) is 17.2 Å². The van der Waals surface area contributed by atoms with Gasteiger partial charge in [0.05, 0.1) is 11.1 Å². The highest BCUT2D eigenvalue weighted by atomic mass is 32.2. The second kappa shape index (κ2) is 5.74. The van der Waals surface area contributed by atoms with E-state index in [0.717, 1.165) is 0 Å². The van der Waals surface area contributed by atoms with Crippen LogP contribution in [0.5, 0.6) is 0 Å². The zero-order chi connectivity index (χ0) is 17.4. The number of carbonyl (C=O) groups is 3. The summed E-state index contributed by atoms with van der Waals surface area (Å²) in [4.78, 5) is 40.4. The topological polar surface area (TPSA) is 110 Å². The van der Waals surface area contributed by atoms with Crippen LogP contribution in [0.15, 0.2) is 24.3 Å². The Balaban J connectivity index is 2.08. The summed E-state index contributed by atoms with van der Waals surface area (Å²) in [6, 6.07) is 5.96. The summed E-state index contributed by atoms with van der Waals surface area (Å²) in [5.41, 5.74) is -0.573. The van der Waals surface area contributed by atoms with Gasteiger partial charge in [-0.25, -0.2) is 17.9 Å². The highest BCUT2D eigenvalue weighted by molar-refractivity contribution is 7.90. The number of hydroxylamine groups is 2. The summed E-state index contributed by atoms with van der Waals surface area (Å²) in [7, 11) is -3.96. The van der Waals surface area contributed by atoms with Crippen LogP contribution >= 0.6 is 0 Å². The minimum atomic E-state index is -3.96. The Hall–Kier alpha value is -2.26. The normalized spacial score (nSPS) is 14.8. The van der Waals surface area contributed by atoms with E-state index >= 15 is 0 Å². The summed E-state index contributed by atoms with van der Waals surface area (Å²) < 4.78 is 25.9. The largest absolute Gasteiger partial charge is 0.349 e. The number of fused-ring (bicyclic) bond motifs is 1. The molecule has 124 valence electrons. The molecule has 1 aromatic carbocycles. The van der Waals surface area contributed by atoms with Crippen LogP contribution in [0.1, 0.15) is 41.5 Å². The number of rotatable bonds is 4. The van der Waals surface area contributed by atoms with E-state index in [4.69, 9.17) is 0 Å². The number of benzene rings is 1. The second-order valence-corrected chi connectivity index (χ2v) is 7.75. The number of nitrogens with zero attached hydrogens (tertiary/aromatic N) is 1. The number of hydrogen-bond donors (Lipinski definition) is 1. The van der Waals surface area contributed by atoms with Crippen LogP contribution in [0, 0.1) is 0 Å². The number of amides is 2. The van der Waals surface area contributed by atoms with E-state index in [2.05, 4.69) is 9.56 Å². The van der Waals surface area contributed by atoms with Crippen LogP contribution in [0.4, 0.5) is 0 Å². The highest BCUT2D eigenvalue weighted by Crippen LogP contribution is 2.22. The fraction of sp³-hybridized carbons (Fsp3) is 0.357. The van der Waals surface area contributed by atoms with E-state index in [1.807, 2.05) is 0 Å². The molecule has 0 saturated carbocycles. The molecule has 2 rings (SSSR count). The van der Waals surface area contributed by atoms with Crippen molar-refractivity contribution >= 4 is 27.8 Å². The first kappa shape index (κ1) is 17.1. The van der Waals surface area contributed by atoms with Gasteiger partial charge in [0.1, 0.15) is 0 Å². The van der Waals surface area contributed by atoms with Gasteiger partial charge in [0.2, 0.25) is 10.0 Å². The molecule has 23 heavy (non-hydrogen) atoms. The van der Waals surface area contributed by atoms with Crippen LogP contribution in [-0.4, -0.2) is 42.6 Å². The Bertz CT molecular complexity index is 744. The first-order valence-corrected chi connectivity index (χ1v) is 8.36. The van der Waals surface area contributed by atoms with Crippen molar-refractivity contribution in [1.82, 2.24) is 9.79 Å². The summed E-state index contributed by atoms with van der Waals surface area (Å²) in [5.74, 6) is -3.84. The number of hydrogen-bond acceptors (Lipinski definition) is 6. The van der Waals surface area contributed by atoms with Gasteiger partial charge in [0, 0.05) is 5.54 Å². The molecule has 0 fully saturated rings. The third kappa shape index (κ3) is 3.93. The molecule has 0 saturated heterocycles. The molecule has 8 nitrogen and oxygen atoms in total. The van der Waals surface area contributed by atoms with Gasteiger partial charge >= 0.3 is 5.97 Å². The quantitative estimate of drug-likeness (QED) is 0.797. The Kier molecular flexibility index (Phi) is 4.27. The smallest absolute Gasteiger partial charge is 0.329 e. The van der Waals surface area contributed by atoms with Gasteiger partial charge < -0.3 is 4.84 Å². The average Bonchev–Trinajstić information content (AvgIpc) is 2.61. The van der Waals surface area contributed by atoms with Crippen molar-refractivity contribution in [2.45, 2.75) is 26.3 Å².